The fraction of sp³-hybridized carbons (Fsp3) is 0. The Bertz CT molecular complexity index is 1090. The lowest BCUT2D eigenvalue weighted by molar-refractivity contribution is 0.0695. The van der Waals surface area contributed by atoms with Crippen molar-refractivity contribution >= 4 is 31.7 Å². The monoisotopic (exact) mass is 476 g/mol. The van der Waals surface area contributed by atoms with Gasteiger partial charge < -0.3 is 10.2 Å². The number of rotatable bonds is 5. The summed E-state index contributed by atoms with van der Waals surface area (Å²) in [6, 6.07) is 18.4. The normalized spacial score (nSPS) is 10.7. The third-order valence-electron chi connectivity index (χ3n) is 4.01. The van der Waals surface area contributed by atoms with Gasteiger partial charge in [-0.1, -0.05) is 60.7 Å². The molecule has 3 aromatic carbocycles. The first-order valence-corrected chi connectivity index (χ1v) is 10.6. The fourth-order valence-electron chi connectivity index (χ4n) is 2.93. The zero-order valence-electron chi connectivity index (χ0n) is 13.8. The Hall–Kier alpha value is -3.07. The average Bonchev–Trinajstić information content (AvgIpc) is 2.67. The van der Waals surface area contributed by atoms with E-state index in [1.807, 2.05) is 0 Å². The molecule has 0 aliphatic rings. The molecule has 0 spiro atoms. The van der Waals surface area contributed by atoms with Crippen molar-refractivity contribution in [1.29, 1.82) is 0 Å². The van der Waals surface area contributed by atoms with Gasteiger partial charge in [-0.25, -0.2) is 15.7 Å². The van der Waals surface area contributed by atoms with Crippen LogP contribution in [0.2, 0.25) is 0 Å². The van der Waals surface area contributed by atoms with E-state index in [4.69, 9.17) is 0 Å². The predicted octanol–water partition coefficient (Wildman–Crippen LogP) is 4.78. The molecule has 0 saturated heterocycles. The SMILES string of the molecule is O=C(O)c1cc(-c2ccccc2)c(-c2ccccc2)c(C(=O)O)c1I(=O)=O. The number of carbonyl (C=O) groups is 2. The fourth-order valence-corrected chi connectivity index (χ4v) is 4.73. The van der Waals surface area contributed by atoms with Crippen LogP contribution in [0.3, 0.4) is 0 Å². The number of halogens is 1. The van der Waals surface area contributed by atoms with Crippen molar-refractivity contribution in [2.45, 2.75) is 0 Å². The molecule has 0 atom stereocenters. The van der Waals surface area contributed by atoms with E-state index in [2.05, 4.69) is 0 Å². The van der Waals surface area contributed by atoms with Crippen molar-refractivity contribution in [1.82, 2.24) is 0 Å². The number of aromatic carboxylic acids is 2. The third-order valence-corrected chi connectivity index (χ3v) is 6.01. The Morgan fingerprint density at radius 2 is 1.26 bits per heavy atom. The molecule has 0 aromatic heterocycles. The summed E-state index contributed by atoms with van der Waals surface area (Å²) in [5.41, 5.74) is 0.576. The van der Waals surface area contributed by atoms with Crippen LogP contribution in [0.15, 0.2) is 66.7 Å². The van der Waals surface area contributed by atoms with Gasteiger partial charge in [0.2, 0.25) is 0 Å². The van der Waals surface area contributed by atoms with Gasteiger partial charge in [0.1, 0.15) is 3.57 Å². The highest BCUT2D eigenvalue weighted by Crippen LogP contribution is 2.41. The van der Waals surface area contributed by atoms with Crippen molar-refractivity contribution in [3.63, 3.8) is 0 Å². The van der Waals surface area contributed by atoms with Gasteiger partial charge in [0.25, 0.3) is 0 Å². The van der Waals surface area contributed by atoms with Gasteiger partial charge in [0.05, 0.1) is 11.1 Å². The molecular formula is C20H13IO6. The van der Waals surface area contributed by atoms with Gasteiger partial charge in [-0.3, -0.25) is 0 Å². The van der Waals surface area contributed by atoms with Gasteiger partial charge >= 0.3 is 31.7 Å². The van der Waals surface area contributed by atoms with Crippen molar-refractivity contribution in [3.05, 3.63) is 81.4 Å². The lowest BCUT2D eigenvalue weighted by atomic mass is 9.88. The molecule has 136 valence electrons. The minimum atomic E-state index is -4.44. The topological polar surface area (TPSA) is 109 Å². The zero-order chi connectivity index (χ0) is 19.6. The van der Waals surface area contributed by atoms with Crippen LogP contribution in [0, 0.1) is 3.57 Å². The second-order valence-corrected chi connectivity index (χ2v) is 7.91. The maximum atomic E-state index is 12.0. The number of carboxylic acid groups (broad SMARTS) is 2. The van der Waals surface area contributed by atoms with Crippen LogP contribution in [0.25, 0.3) is 22.3 Å². The first-order valence-electron chi connectivity index (χ1n) is 7.75. The quantitative estimate of drug-likeness (QED) is 0.513. The van der Waals surface area contributed by atoms with Crippen LogP contribution in [0.5, 0.6) is 0 Å². The van der Waals surface area contributed by atoms with Gasteiger partial charge in [0.15, 0.2) is 0 Å². The second-order valence-electron chi connectivity index (χ2n) is 5.60. The Morgan fingerprint density at radius 3 is 1.70 bits per heavy atom. The molecule has 0 amide bonds. The first kappa shape index (κ1) is 18.7. The van der Waals surface area contributed by atoms with Crippen LogP contribution in [0.4, 0.5) is 0 Å². The molecule has 7 heteroatoms. The van der Waals surface area contributed by atoms with E-state index in [9.17, 15) is 25.9 Å². The number of hydrogen-bond acceptors (Lipinski definition) is 4. The summed E-state index contributed by atoms with van der Waals surface area (Å²) in [7, 11) is 0. The van der Waals surface area contributed by atoms with Crippen LogP contribution in [-0.4, -0.2) is 22.2 Å². The smallest absolute Gasteiger partial charge is 0.342 e. The Kier molecular flexibility index (Phi) is 5.31. The summed E-state index contributed by atoms with van der Waals surface area (Å²) in [5, 5.41) is 19.3. The van der Waals surface area contributed by atoms with E-state index in [0.29, 0.717) is 16.7 Å². The van der Waals surface area contributed by atoms with Crippen molar-refractivity contribution in [2.75, 3.05) is 0 Å². The van der Waals surface area contributed by atoms with Gasteiger partial charge in [-0.05, 0) is 22.8 Å². The highest BCUT2D eigenvalue weighted by Gasteiger charge is 2.29. The Labute approximate surface area is 161 Å². The largest absolute Gasteiger partial charge is 0.478 e. The molecule has 0 bridgehead atoms. The lowest BCUT2D eigenvalue weighted by Crippen LogP contribution is -2.11. The van der Waals surface area contributed by atoms with E-state index in [0.717, 1.165) is 0 Å². The maximum Gasteiger partial charge on any atom is 0.342 e. The summed E-state index contributed by atoms with van der Waals surface area (Å²) in [5.74, 6) is -2.98. The summed E-state index contributed by atoms with van der Waals surface area (Å²) in [4.78, 5) is 23.7. The molecule has 3 aromatic rings. The van der Waals surface area contributed by atoms with Crippen molar-refractivity contribution in [2.24, 2.45) is 0 Å². The highest BCUT2D eigenvalue weighted by molar-refractivity contribution is 14.2. The molecule has 3 rings (SSSR count). The number of carboxylic acids is 2. The van der Waals surface area contributed by atoms with Gasteiger partial charge in [-0.2, -0.15) is 0 Å². The predicted molar refractivity (Wildman–Crippen MR) is 105 cm³/mol. The molecule has 27 heavy (non-hydrogen) atoms. The minimum Gasteiger partial charge on any atom is -0.478 e. The van der Waals surface area contributed by atoms with Gasteiger partial charge in [-0.15, -0.1) is 0 Å². The second kappa shape index (κ2) is 7.67. The molecule has 0 aliphatic carbocycles. The van der Waals surface area contributed by atoms with E-state index in [-0.39, 0.29) is 5.56 Å². The lowest BCUT2D eigenvalue weighted by Gasteiger charge is -2.17. The maximum absolute atomic E-state index is 12.0. The number of benzene rings is 3. The van der Waals surface area contributed by atoms with Crippen molar-refractivity contribution < 1.29 is 25.9 Å². The molecule has 0 saturated carbocycles. The summed E-state index contributed by atoms with van der Waals surface area (Å²) >= 11 is -4.44. The molecule has 0 heterocycles. The molecule has 0 radical (unpaired) electrons. The number of hydrogen-bond donors (Lipinski definition) is 2. The molecule has 0 fully saturated rings. The minimum absolute atomic E-state index is 0.184. The Balaban J connectivity index is 2.57. The molecular weight excluding hydrogens is 463 g/mol. The van der Waals surface area contributed by atoms with E-state index < -0.39 is 46.4 Å². The standard InChI is InChI=1S/C20H13IO6/c22-19(23)15-11-14(12-7-3-1-4-8-12)16(13-9-5-2-6-10-13)17(20(24)25)18(15)21(26)27/h1-11H,(H,22,23)(H,24,25). The molecule has 0 unspecified atom stereocenters. The zero-order valence-corrected chi connectivity index (χ0v) is 15.9. The van der Waals surface area contributed by atoms with E-state index in [1.54, 1.807) is 60.7 Å². The third kappa shape index (κ3) is 3.59. The van der Waals surface area contributed by atoms with E-state index >= 15 is 0 Å². The van der Waals surface area contributed by atoms with Crippen LogP contribution < -0.4 is 0 Å². The van der Waals surface area contributed by atoms with Crippen LogP contribution >= 0.6 is 19.8 Å². The average molecular weight is 476 g/mol. The molecule has 0 aliphatic heterocycles. The van der Waals surface area contributed by atoms with Gasteiger partial charge in [0, 0.05) is 5.56 Å². The molecule has 6 nitrogen and oxygen atoms in total. The van der Waals surface area contributed by atoms with Crippen molar-refractivity contribution in [3.8, 4) is 22.3 Å². The first-order chi connectivity index (χ1) is 12.9. The summed E-state index contributed by atoms with van der Waals surface area (Å²) in [6.45, 7) is 0. The van der Waals surface area contributed by atoms with Crippen LogP contribution in [-0.2, 0) is 6.14 Å². The summed E-state index contributed by atoms with van der Waals surface area (Å²) in [6.07, 6.45) is 0. The van der Waals surface area contributed by atoms with E-state index in [1.165, 1.54) is 6.07 Å². The summed E-state index contributed by atoms with van der Waals surface area (Å²) < 4.78 is 23.2. The Morgan fingerprint density at radius 1 is 0.741 bits per heavy atom. The highest BCUT2D eigenvalue weighted by atomic mass is 127. The van der Waals surface area contributed by atoms with Crippen LogP contribution in [0.1, 0.15) is 20.7 Å². The molecule has 2 N–H and O–H groups in total.